The number of hydrogen-bond donors (Lipinski definition) is 0. The van der Waals surface area contributed by atoms with Gasteiger partial charge < -0.3 is 0 Å². The average Bonchev–Trinajstić information content (AvgIpc) is 2.81. The summed E-state index contributed by atoms with van der Waals surface area (Å²) in [5.74, 6) is 0. The molecule has 0 unspecified atom stereocenters. The van der Waals surface area contributed by atoms with Gasteiger partial charge in [0.25, 0.3) is 0 Å². The van der Waals surface area contributed by atoms with Crippen LogP contribution in [0, 0.1) is 13.8 Å². The maximum Gasteiger partial charge on any atom is -0.00673 e. The highest BCUT2D eigenvalue weighted by Gasteiger charge is 2.15. The van der Waals surface area contributed by atoms with E-state index >= 15 is 0 Å². The van der Waals surface area contributed by atoms with Crippen molar-refractivity contribution in [2.75, 3.05) is 0 Å². The summed E-state index contributed by atoms with van der Waals surface area (Å²) in [6.45, 7) is 4.45. The molecule has 0 atom stereocenters. The molecule has 0 saturated heterocycles. The molecule has 112 valence electrons. The molecule has 1 aliphatic carbocycles. The summed E-state index contributed by atoms with van der Waals surface area (Å²) < 4.78 is 0. The lowest BCUT2D eigenvalue weighted by Crippen LogP contribution is -1.97. The van der Waals surface area contributed by atoms with Gasteiger partial charge in [-0.1, -0.05) is 72.8 Å². The Bertz CT molecular complexity index is 955. The summed E-state index contributed by atoms with van der Waals surface area (Å²) in [7, 11) is 0. The number of fused-ring (bicyclic) bond motifs is 2. The molecule has 0 N–H and O–H groups in total. The Labute approximate surface area is 137 Å². The molecule has 0 fully saturated rings. The smallest absolute Gasteiger partial charge is 0.00673 e. The molecule has 0 heterocycles. The normalized spacial score (nSPS) is 13.1. The van der Waals surface area contributed by atoms with Crippen LogP contribution in [0.4, 0.5) is 0 Å². The first-order chi connectivity index (χ1) is 11.3. The Morgan fingerprint density at radius 3 is 2.43 bits per heavy atom. The van der Waals surface area contributed by atoms with E-state index in [0.29, 0.717) is 0 Å². The van der Waals surface area contributed by atoms with Gasteiger partial charge in [-0.15, -0.1) is 0 Å². The second-order valence-corrected chi connectivity index (χ2v) is 6.30. The van der Waals surface area contributed by atoms with Gasteiger partial charge in [-0.05, 0) is 64.4 Å². The van der Waals surface area contributed by atoms with Crippen LogP contribution >= 0.6 is 0 Å². The molecule has 0 bridgehead atoms. The van der Waals surface area contributed by atoms with Crippen LogP contribution in [0.25, 0.3) is 28.0 Å². The highest BCUT2D eigenvalue weighted by atomic mass is 14.2. The van der Waals surface area contributed by atoms with E-state index in [-0.39, 0.29) is 0 Å². The largest absolute Gasteiger partial charge is 0.0801 e. The summed E-state index contributed by atoms with van der Waals surface area (Å²) in [6, 6.07) is 17.7. The average molecular weight is 296 g/mol. The van der Waals surface area contributed by atoms with Crippen LogP contribution in [0.3, 0.4) is 0 Å². The van der Waals surface area contributed by atoms with Crippen LogP contribution in [0.2, 0.25) is 0 Å². The third-order valence-electron chi connectivity index (χ3n) is 4.78. The van der Waals surface area contributed by atoms with E-state index in [1.807, 2.05) is 0 Å². The number of rotatable bonds is 1. The number of aryl methyl sites for hydroxylation is 2. The van der Waals surface area contributed by atoms with Gasteiger partial charge in [0.2, 0.25) is 0 Å². The van der Waals surface area contributed by atoms with Gasteiger partial charge in [0.15, 0.2) is 0 Å². The zero-order valence-corrected chi connectivity index (χ0v) is 13.6. The lowest BCUT2D eigenvalue weighted by molar-refractivity contribution is 1.25. The van der Waals surface area contributed by atoms with E-state index in [4.69, 9.17) is 0 Å². The Morgan fingerprint density at radius 1 is 0.739 bits per heavy atom. The highest BCUT2D eigenvalue weighted by Crippen LogP contribution is 2.38. The van der Waals surface area contributed by atoms with Gasteiger partial charge in [0, 0.05) is 0 Å². The second kappa shape index (κ2) is 5.55. The van der Waals surface area contributed by atoms with Crippen LogP contribution in [-0.4, -0.2) is 0 Å². The predicted molar refractivity (Wildman–Crippen MR) is 101 cm³/mol. The minimum absolute atomic E-state index is 0.999. The molecule has 0 nitrogen and oxygen atoms in total. The third kappa shape index (κ3) is 2.31. The van der Waals surface area contributed by atoms with Gasteiger partial charge in [-0.3, -0.25) is 0 Å². The van der Waals surface area contributed by atoms with Crippen molar-refractivity contribution >= 4 is 16.8 Å². The van der Waals surface area contributed by atoms with Crippen molar-refractivity contribution in [1.29, 1.82) is 0 Å². The van der Waals surface area contributed by atoms with Crippen LogP contribution in [0.1, 0.15) is 22.3 Å². The Balaban J connectivity index is 2.12. The lowest BCUT2D eigenvalue weighted by atomic mass is 9.86. The fourth-order valence-electron chi connectivity index (χ4n) is 3.61. The topological polar surface area (TPSA) is 0 Å². The number of hydrogen-bond acceptors (Lipinski definition) is 0. The SMILES string of the molecule is Cc1ccc2c(c1-c1c(C)ccc3ccccc13)C=CC=CC2. The van der Waals surface area contributed by atoms with E-state index in [2.05, 4.69) is 86.7 Å². The van der Waals surface area contributed by atoms with Gasteiger partial charge in [0.1, 0.15) is 0 Å². The quantitative estimate of drug-likeness (QED) is 0.498. The zero-order chi connectivity index (χ0) is 15.8. The molecule has 0 aromatic heterocycles. The van der Waals surface area contributed by atoms with Crippen molar-refractivity contribution in [3.05, 3.63) is 89.0 Å². The zero-order valence-electron chi connectivity index (χ0n) is 13.6. The van der Waals surface area contributed by atoms with E-state index in [0.717, 1.165) is 6.42 Å². The summed E-state index contributed by atoms with van der Waals surface area (Å²) in [4.78, 5) is 0. The van der Waals surface area contributed by atoms with E-state index < -0.39 is 0 Å². The van der Waals surface area contributed by atoms with Crippen molar-refractivity contribution in [3.8, 4) is 11.1 Å². The first-order valence-corrected chi connectivity index (χ1v) is 8.20. The van der Waals surface area contributed by atoms with E-state index in [1.165, 1.54) is 44.2 Å². The molecule has 1 aliphatic rings. The molecule has 0 heteroatoms. The predicted octanol–water partition coefficient (Wildman–Crippen LogP) is 6.25. The van der Waals surface area contributed by atoms with Gasteiger partial charge in [-0.2, -0.15) is 0 Å². The third-order valence-corrected chi connectivity index (χ3v) is 4.78. The summed E-state index contributed by atoms with van der Waals surface area (Å²) >= 11 is 0. The van der Waals surface area contributed by atoms with Crippen molar-refractivity contribution in [2.45, 2.75) is 20.3 Å². The number of allylic oxidation sites excluding steroid dienone is 3. The number of benzene rings is 3. The molecule has 23 heavy (non-hydrogen) atoms. The van der Waals surface area contributed by atoms with Crippen molar-refractivity contribution in [3.63, 3.8) is 0 Å². The van der Waals surface area contributed by atoms with Crippen molar-refractivity contribution in [1.82, 2.24) is 0 Å². The fraction of sp³-hybridized carbons (Fsp3) is 0.130. The molecule has 0 spiro atoms. The molecular formula is C23H20. The van der Waals surface area contributed by atoms with E-state index in [9.17, 15) is 0 Å². The Morgan fingerprint density at radius 2 is 1.52 bits per heavy atom. The lowest BCUT2D eigenvalue weighted by Gasteiger charge is -2.18. The summed E-state index contributed by atoms with van der Waals surface area (Å²) in [5.41, 5.74) is 8.22. The second-order valence-electron chi connectivity index (χ2n) is 6.30. The molecule has 0 amide bonds. The maximum absolute atomic E-state index is 2.27. The Kier molecular flexibility index (Phi) is 3.38. The fourth-order valence-corrected chi connectivity index (χ4v) is 3.61. The van der Waals surface area contributed by atoms with Gasteiger partial charge >= 0.3 is 0 Å². The minimum atomic E-state index is 0.999. The highest BCUT2D eigenvalue weighted by molar-refractivity contribution is 6.01. The summed E-state index contributed by atoms with van der Waals surface area (Å²) in [5, 5.41) is 2.65. The minimum Gasteiger partial charge on any atom is -0.0801 e. The molecule has 3 aromatic carbocycles. The molecule has 4 rings (SSSR count). The van der Waals surface area contributed by atoms with Crippen LogP contribution in [0.5, 0.6) is 0 Å². The molecule has 3 aromatic rings. The molecule has 0 aliphatic heterocycles. The molecule has 0 saturated carbocycles. The Hall–Kier alpha value is -2.60. The maximum atomic E-state index is 2.27. The van der Waals surface area contributed by atoms with Crippen LogP contribution in [0.15, 0.2) is 66.8 Å². The molecule has 0 radical (unpaired) electrons. The molecular weight excluding hydrogens is 276 g/mol. The monoisotopic (exact) mass is 296 g/mol. The van der Waals surface area contributed by atoms with Gasteiger partial charge in [0.05, 0.1) is 0 Å². The van der Waals surface area contributed by atoms with Gasteiger partial charge in [-0.25, -0.2) is 0 Å². The first kappa shape index (κ1) is 14.0. The standard InChI is InChI=1S/C23H20/c1-16-12-14-18-8-4-3-5-10-20(18)22(16)23-17(2)13-15-19-9-6-7-11-21(19)23/h3-7,9-15H,8H2,1-2H3. The summed E-state index contributed by atoms with van der Waals surface area (Å²) in [6.07, 6.45) is 9.81. The van der Waals surface area contributed by atoms with Crippen molar-refractivity contribution in [2.24, 2.45) is 0 Å². The van der Waals surface area contributed by atoms with Crippen molar-refractivity contribution < 1.29 is 0 Å². The van der Waals surface area contributed by atoms with Crippen LogP contribution in [-0.2, 0) is 6.42 Å². The van der Waals surface area contributed by atoms with Crippen LogP contribution < -0.4 is 0 Å². The first-order valence-electron chi connectivity index (χ1n) is 8.20. The van der Waals surface area contributed by atoms with E-state index in [1.54, 1.807) is 0 Å².